The van der Waals surface area contributed by atoms with Gasteiger partial charge in [-0.25, -0.2) is 18.1 Å². The van der Waals surface area contributed by atoms with Gasteiger partial charge in [0.15, 0.2) is 5.82 Å². The second-order valence-corrected chi connectivity index (χ2v) is 8.71. The van der Waals surface area contributed by atoms with Crippen molar-refractivity contribution in [2.24, 2.45) is 0 Å². The van der Waals surface area contributed by atoms with Gasteiger partial charge in [0.25, 0.3) is 0 Å². The van der Waals surface area contributed by atoms with Crippen LogP contribution in [-0.4, -0.2) is 38.5 Å². The Kier molecular flexibility index (Phi) is 7.48. The molecular formula is C21H21ClN6O4S. The van der Waals surface area contributed by atoms with Gasteiger partial charge in [-0.1, -0.05) is 30.3 Å². The fraction of sp³-hybridized carbons (Fsp3) is 0.0952. The van der Waals surface area contributed by atoms with Crippen LogP contribution in [0.5, 0.6) is 5.75 Å². The van der Waals surface area contributed by atoms with Gasteiger partial charge in [-0.2, -0.15) is 4.98 Å². The van der Waals surface area contributed by atoms with Crippen LogP contribution in [0, 0.1) is 0 Å². The Labute approximate surface area is 196 Å². The van der Waals surface area contributed by atoms with Gasteiger partial charge in [0.1, 0.15) is 15.7 Å². The molecule has 172 valence electrons. The summed E-state index contributed by atoms with van der Waals surface area (Å²) >= 11 is 6.24. The minimum absolute atomic E-state index is 0.0315. The first-order chi connectivity index (χ1) is 15.8. The van der Waals surface area contributed by atoms with Gasteiger partial charge in [-0.3, -0.25) is 4.79 Å². The minimum Gasteiger partial charge on any atom is -0.495 e. The Hall–Kier alpha value is -3.67. The van der Waals surface area contributed by atoms with Crippen LogP contribution >= 0.6 is 11.6 Å². The highest BCUT2D eigenvalue weighted by atomic mass is 35.5. The van der Waals surface area contributed by atoms with E-state index < -0.39 is 10.0 Å². The van der Waals surface area contributed by atoms with E-state index in [1.807, 2.05) is 0 Å². The molecule has 0 fully saturated rings. The van der Waals surface area contributed by atoms with Crippen LogP contribution in [0.3, 0.4) is 0 Å². The number of hydrogen-bond acceptors (Lipinski definition) is 8. The molecule has 0 spiro atoms. The third-order valence-corrected chi connectivity index (χ3v) is 6.09. The Bertz CT molecular complexity index is 1300. The third kappa shape index (κ3) is 5.77. The largest absolute Gasteiger partial charge is 0.495 e. The number of anilines is 5. The summed E-state index contributed by atoms with van der Waals surface area (Å²) in [6.45, 7) is 3.43. The molecule has 2 aromatic carbocycles. The summed E-state index contributed by atoms with van der Waals surface area (Å²) < 4.78 is 32.3. The van der Waals surface area contributed by atoms with Crippen LogP contribution in [0.25, 0.3) is 0 Å². The quantitative estimate of drug-likeness (QED) is 0.335. The summed E-state index contributed by atoms with van der Waals surface area (Å²) in [6, 6.07) is 11.3. The summed E-state index contributed by atoms with van der Waals surface area (Å²) in [6.07, 6.45) is 2.52. The van der Waals surface area contributed by atoms with Crippen molar-refractivity contribution in [1.29, 1.82) is 0 Å². The normalized spacial score (nSPS) is 10.9. The van der Waals surface area contributed by atoms with E-state index >= 15 is 0 Å². The molecule has 0 saturated heterocycles. The van der Waals surface area contributed by atoms with Crippen molar-refractivity contribution in [2.75, 3.05) is 30.1 Å². The number of carbonyl (C=O) groups is 1. The highest BCUT2D eigenvalue weighted by Gasteiger charge is 2.18. The molecule has 0 saturated carbocycles. The van der Waals surface area contributed by atoms with Crippen molar-refractivity contribution >= 4 is 56.4 Å². The molecule has 1 amide bonds. The molecule has 0 unspecified atom stereocenters. The van der Waals surface area contributed by atoms with E-state index in [0.717, 1.165) is 6.08 Å². The van der Waals surface area contributed by atoms with Gasteiger partial charge in [0.05, 0.1) is 24.7 Å². The molecule has 4 N–H and O–H groups in total. The number of ether oxygens (including phenoxy) is 1. The average Bonchev–Trinajstić information content (AvgIpc) is 2.81. The first-order valence-corrected chi connectivity index (χ1v) is 11.3. The fourth-order valence-electron chi connectivity index (χ4n) is 2.75. The van der Waals surface area contributed by atoms with Crippen molar-refractivity contribution in [3.05, 3.63) is 66.3 Å². The zero-order valence-electron chi connectivity index (χ0n) is 17.7. The van der Waals surface area contributed by atoms with Crippen molar-refractivity contribution < 1.29 is 17.9 Å². The molecule has 1 heterocycles. The summed E-state index contributed by atoms with van der Waals surface area (Å²) in [5.41, 5.74) is 1.26. The number of aromatic nitrogens is 2. The van der Waals surface area contributed by atoms with E-state index in [9.17, 15) is 13.2 Å². The number of carbonyl (C=O) groups excluding carboxylic acids is 1. The van der Waals surface area contributed by atoms with Gasteiger partial charge < -0.3 is 20.7 Å². The number of sulfonamides is 1. The van der Waals surface area contributed by atoms with E-state index in [2.05, 4.69) is 37.2 Å². The number of rotatable bonds is 9. The van der Waals surface area contributed by atoms with Gasteiger partial charge in [-0.15, -0.1) is 0 Å². The van der Waals surface area contributed by atoms with Gasteiger partial charge in [0.2, 0.25) is 21.9 Å². The highest BCUT2D eigenvalue weighted by Crippen LogP contribution is 2.32. The van der Waals surface area contributed by atoms with E-state index in [1.54, 1.807) is 36.4 Å². The van der Waals surface area contributed by atoms with Crippen LogP contribution in [0.2, 0.25) is 5.02 Å². The number of amides is 1. The van der Waals surface area contributed by atoms with Crippen LogP contribution < -0.4 is 25.4 Å². The molecule has 10 nitrogen and oxygen atoms in total. The average molecular weight is 489 g/mol. The Balaban J connectivity index is 1.93. The summed E-state index contributed by atoms with van der Waals surface area (Å²) in [7, 11) is -0.898. The predicted octanol–water partition coefficient (Wildman–Crippen LogP) is 3.66. The van der Waals surface area contributed by atoms with Crippen molar-refractivity contribution in [1.82, 2.24) is 14.7 Å². The molecule has 0 bridgehead atoms. The molecule has 3 rings (SSSR count). The zero-order chi connectivity index (χ0) is 24.0. The molecule has 33 heavy (non-hydrogen) atoms. The maximum Gasteiger partial charge on any atom is 0.247 e. The van der Waals surface area contributed by atoms with Crippen LogP contribution in [0.1, 0.15) is 0 Å². The molecular weight excluding hydrogens is 468 g/mol. The van der Waals surface area contributed by atoms with E-state index in [1.165, 1.54) is 26.4 Å². The molecule has 0 atom stereocenters. The molecule has 0 aliphatic heterocycles. The number of para-hydroxylation sites is 1. The smallest absolute Gasteiger partial charge is 0.247 e. The molecule has 0 aliphatic carbocycles. The topological polar surface area (TPSA) is 134 Å². The van der Waals surface area contributed by atoms with Crippen molar-refractivity contribution in [3.63, 3.8) is 0 Å². The Morgan fingerprint density at radius 1 is 1.15 bits per heavy atom. The van der Waals surface area contributed by atoms with E-state index in [0.29, 0.717) is 17.1 Å². The van der Waals surface area contributed by atoms with Crippen molar-refractivity contribution in [2.45, 2.75) is 4.90 Å². The monoisotopic (exact) mass is 488 g/mol. The van der Waals surface area contributed by atoms with Crippen LogP contribution in [0.15, 0.2) is 66.2 Å². The number of hydrogen-bond donors (Lipinski definition) is 4. The van der Waals surface area contributed by atoms with Gasteiger partial charge >= 0.3 is 0 Å². The summed E-state index contributed by atoms with van der Waals surface area (Å²) in [5, 5.41) is 8.79. The third-order valence-electron chi connectivity index (χ3n) is 4.34. The lowest BCUT2D eigenvalue weighted by Gasteiger charge is -2.15. The molecule has 0 radical (unpaired) electrons. The van der Waals surface area contributed by atoms with Crippen LogP contribution in [0.4, 0.5) is 28.8 Å². The number of benzene rings is 2. The molecule has 12 heteroatoms. The SMILES string of the molecule is C=CC(=O)Nc1ccc(OC)c(Nc2ncc(Cl)c(Nc3ccccc3S(=O)(=O)NC)n2)c1. The lowest BCUT2D eigenvalue weighted by molar-refractivity contribution is -0.111. The second-order valence-electron chi connectivity index (χ2n) is 6.45. The maximum atomic E-state index is 12.3. The first-order valence-electron chi connectivity index (χ1n) is 9.48. The second kappa shape index (κ2) is 10.3. The van der Waals surface area contributed by atoms with Gasteiger partial charge in [-0.05, 0) is 43.5 Å². The molecule has 3 aromatic rings. The zero-order valence-corrected chi connectivity index (χ0v) is 19.3. The first kappa shape index (κ1) is 24.0. The lowest BCUT2D eigenvalue weighted by Crippen LogP contribution is -2.19. The number of nitrogens with zero attached hydrogens (tertiary/aromatic N) is 2. The standard InChI is InChI=1S/C21H21ClN6O4S/c1-4-19(29)25-13-9-10-17(32-3)16(11-13)27-21-24-12-14(22)20(28-21)26-15-7-5-6-8-18(15)33(30,31)23-2/h4-12,23H,1H2,2-3H3,(H,25,29)(H2,24,26,27,28). The summed E-state index contributed by atoms with van der Waals surface area (Å²) in [4.78, 5) is 20.2. The maximum absolute atomic E-state index is 12.3. The lowest BCUT2D eigenvalue weighted by atomic mass is 10.2. The molecule has 1 aromatic heterocycles. The number of halogens is 1. The number of nitrogens with one attached hydrogen (secondary N) is 4. The minimum atomic E-state index is -3.72. The summed E-state index contributed by atoms with van der Waals surface area (Å²) in [5.74, 6) is 0.449. The van der Waals surface area contributed by atoms with E-state index in [-0.39, 0.29) is 33.3 Å². The Morgan fingerprint density at radius 2 is 1.91 bits per heavy atom. The number of methoxy groups -OCH3 is 1. The molecule has 0 aliphatic rings. The van der Waals surface area contributed by atoms with Gasteiger partial charge in [0, 0.05) is 5.69 Å². The Morgan fingerprint density at radius 3 is 2.61 bits per heavy atom. The fourth-order valence-corrected chi connectivity index (χ4v) is 3.78. The van der Waals surface area contributed by atoms with E-state index in [4.69, 9.17) is 16.3 Å². The van der Waals surface area contributed by atoms with Crippen molar-refractivity contribution in [3.8, 4) is 5.75 Å². The van der Waals surface area contributed by atoms with Crippen LogP contribution in [-0.2, 0) is 14.8 Å². The highest BCUT2D eigenvalue weighted by molar-refractivity contribution is 7.89. The predicted molar refractivity (Wildman–Crippen MR) is 128 cm³/mol.